The van der Waals surface area contributed by atoms with E-state index in [1.807, 2.05) is 0 Å². The second-order valence-corrected chi connectivity index (χ2v) is 2.70. The van der Waals surface area contributed by atoms with Crippen LogP contribution in [-0.2, 0) is 0 Å². The highest BCUT2D eigenvalue weighted by atomic mass is 19.1. The Morgan fingerprint density at radius 3 is 2.33 bits per heavy atom. The summed E-state index contributed by atoms with van der Waals surface area (Å²) in [4.78, 5) is 0. The molecule has 0 bridgehead atoms. The number of nitrogens with zero attached hydrogens (tertiary/aromatic N) is 1. The lowest BCUT2D eigenvalue weighted by molar-refractivity contribution is 0.305. The first kappa shape index (κ1) is 11.2. The molecule has 76 valence electrons. The number of halogens is 2. The van der Waals surface area contributed by atoms with Gasteiger partial charge in [0.15, 0.2) is 0 Å². The van der Waals surface area contributed by atoms with E-state index in [1.54, 1.807) is 0 Å². The maximum atomic E-state index is 13.0. The summed E-state index contributed by atoms with van der Waals surface area (Å²) in [5.41, 5.74) is -0.458. The van der Waals surface area contributed by atoms with Crippen molar-refractivity contribution in [3.63, 3.8) is 0 Å². The molecule has 0 saturated carbocycles. The summed E-state index contributed by atoms with van der Waals surface area (Å²) in [6, 6.07) is 3.40. The van der Waals surface area contributed by atoms with E-state index in [1.165, 1.54) is 6.07 Å². The van der Waals surface area contributed by atoms with Gasteiger partial charge in [-0.2, -0.15) is 5.26 Å². The smallest absolute Gasteiger partial charge is 0.145 e. The van der Waals surface area contributed by atoms with Gasteiger partial charge in [-0.05, 0) is 12.1 Å². The molecular weight excluding hydrogens is 200 g/mol. The minimum absolute atomic E-state index is 0.103. The molecule has 0 aliphatic heterocycles. The zero-order valence-electron chi connectivity index (χ0n) is 7.72. The van der Waals surface area contributed by atoms with Gasteiger partial charge in [0, 0.05) is 12.0 Å². The van der Waals surface area contributed by atoms with Gasteiger partial charge < -0.3 is 5.11 Å². The average molecular weight is 207 g/mol. The van der Waals surface area contributed by atoms with Crippen LogP contribution in [0.3, 0.4) is 0 Å². The summed E-state index contributed by atoms with van der Waals surface area (Å²) in [7, 11) is 0. The fraction of sp³-hybridized carbons (Fsp3) is 0.182. The third kappa shape index (κ3) is 2.77. The molecule has 0 radical (unpaired) electrons. The number of hydrogen-bond donors (Lipinski definition) is 1. The third-order valence-corrected chi connectivity index (χ3v) is 1.62. The lowest BCUT2D eigenvalue weighted by Crippen LogP contribution is -1.91. The van der Waals surface area contributed by atoms with E-state index in [4.69, 9.17) is 10.4 Å². The number of nitriles is 1. The fourth-order valence-corrected chi connectivity index (χ4v) is 0.973. The van der Waals surface area contributed by atoms with Crippen molar-refractivity contribution in [3.05, 3.63) is 34.9 Å². The summed E-state index contributed by atoms with van der Waals surface area (Å²) in [6.45, 7) is -0.103. The molecule has 2 nitrogen and oxygen atoms in total. The summed E-state index contributed by atoms with van der Waals surface area (Å²) in [5.74, 6) is 3.16. The van der Waals surface area contributed by atoms with Gasteiger partial charge >= 0.3 is 0 Å². The fourth-order valence-electron chi connectivity index (χ4n) is 0.973. The molecule has 0 saturated heterocycles. The predicted molar refractivity (Wildman–Crippen MR) is 49.7 cm³/mol. The SMILES string of the molecule is N#Cc1c(F)cc(C#CCCO)cc1F. The number of aliphatic hydroxyl groups is 1. The molecule has 0 spiro atoms. The van der Waals surface area contributed by atoms with Gasteiger partial charge in [-0.1, -0.05) is 11.8 Å². The summed E-state index contributed by atoms with van der Waals surface area (Å²) in [5, 5.41) is 16.8. The molecule has 0 heterocycles. The van der Waals surface area contributed by atoms with Crippen LogP contribution < -0.4 is 0 Å². The molecule has 0 amide bonds. The summed E-state index contributed by atoms with van der Waals surface area (Å²) < 4.78 is 26.1. The van der Waals surface area contributed by atoms with Gasteiger partial charge in [-0.15, -0.1) is 0 Å². The van der Waals surface area contributed by atoms with E-state index in [-0.39, 0.29) is 18.6 Å². The van der Waals surface area contributed by atoms with Crippen LogP contribution >= 0.6 is 0 Å². The number of benzene rings is 1. The van der Waals surface area contributed by atoms with E-state index in [9.17, 15) is 8.78 Å². The van der Waals surface area contributed by atoms with E-state index in [0.29, 0.717) is 0 Å². The zero-order valence-corrected chi connectivity index (χ0v) is 7.72. The summed E-state index contributed by atoms with van der Waals surface area (Å²) in [6.07, 6.45) is 0.239. The van der Waals surface area contributed by atoms with Gasteiger partial charge in [0.2, 0.25) is 0 Å². The van der Waals surface area contributed by atoms with Crippen molar-refractivity contribution < 1.29 is 13.9 Å². The van der Waals surface area contributed by atoms with E-state index in [2.05, 4.69) is 11.8 Å². The molecule has 15 heavy (non-hydrogen) atoms. The van der Waals surface area contributed by atoms with Crippen LogP contribution in [0.5, 0.6) is 0 Å². The van der Waals surface area contributed by atoms with Crippen molar-refractivity contribution in [2.75, 3.05) is 6.61 Å². The van der Waals surface area contributed by atoms with Gasteiger partial charge in [0.1, 0.15) is 23.3 Å². The monoisotopic (exact) mass is 207 g/mol. The molecule has 1 N–H and O–H groups in total. The predicted octanol–water partition coefficient (Wildman–Crippen LogP) is 1.57. The first-order chi connectivity index (χ1) is 7.19. The largest absolute Gasteiger partial charge is 0.395 e. The first-order valence-electron chi connectivity index (χ1n) is 4.18. The van der Waals surface area contributed by atoms with Gasteiger partial charge in [-0.3, -0.25) is 0 Å². The van der Waals surface area contributed by atoms with Gasteiger partial charge in [0.25, 0.3) is 0 Å². The minimum atomic E-state index is -0.925. The van der Waals surface area contributed by atoms with Crippen LogP contribution in [0.2, 0.25) is 0 Å². The van der Waals surface area contributed by atoms with Crippen LogP contribution in [0, 0.1) is 34.8 Å². The highest BCUT2D eigenvalue weighted by Crippen LogP contribution is 2.13. The molecule has 0 atom stereocenters. The summed E-state index contributed by atoms with van der Waals surface area (Å²) >= 11 is 0. The van der Waals surface area contributed by atoms with Crippen LogP contribution in [0.15, 0.2) is 12.1 Å². The Bertz CT molecular complexity index is 443. The molecule has 0 fully saturated rings. The maximum absolute atomic E-state index is 13.0. The quantitative estimate of drug-likeness (QED) is 0.710. The van der Waals surface area contributed by atoms with Gasteiger partial charge in [0.05, 0.1) is 6.61 Å². The molecule has 1 aromatic rings. The van der Waals surface area contributed by atoms with Gasteiger partial charge in [-0.25, -0.2) is 8.78 Å². The van der Waals surface area contributed by atoms with E-state index in [0.717, 1.165) is 12.1 Å². The topological polar surface area (TPSA) is 44.0 Å². The highest BCUT2D eigenvalue weighted by Gasteiger charge is 2.09. The third-order valence-electron chi connectivity index (χ3n) is 1.62. The maximum Gasteiger partial charge on any atom is 0.145 e. The van der Waals surface area contributed by atoms with Crippen molar-refractivity contribution >= 4 is 0 Å². The normalized spacial score (nSPS) is 8.93. The highest BCUT2D eigenvalue weighted by molar-refractivity contribution is 5.42. The van der Waals surface area contributed by atoms with E-state index >= 15 is 0 Å². The van der Waals surface area contributed by atoms with Crippen molar-refractivity contribution in [1.29, 1.82) is 5.26 Å². The van der Waals surface area contributed by atoms with Crippen molar-refractivity contribution in [1.82, 2.24) is 0 Å². The minimum Gasteiger partial charge on any atom is -0.395 e. The second-order valence-electron chi connectivity index (χ2n) is 2.70. The number of rotatable bonds is 1. The Balaban J connectivity index is 3.07. The number of aliphatic hydroxyl groups excluding tert-OH is 1. The standard InChI is InChI=1S/C11H7F2NO/c12-10-5-8(3-1-2-4-15)6-11(13)9(10)7-14/h5-6,15H,2,4H2. The van der Waals surface area contributed by atoms with Crippen LogP contribution in [-0.4, -0.2) is 11.7 Å². The Morgan fingerprint density at radius 1 is 1.27 bits per heavy atom. The zero-order chi connectivity index (χ0) is 11.3. The Morgan fingerprint density at radius 2 is 1.87 bits per heavy atom. The van der Waals surface area contributed by atoms with Crippen LogP contribution in [0.1, 0.15) is 17.5 Å². The molecule has 0 aromatic heterocycles. The van der Waals surface area contributed by atoms with Crippen molar-refractivity contribution in [2.45, 2.75) is 6.42 Å². The molecule has 0 aliphatic carbocycles. The van der Waals surface area contributed by atoms with Crippen molar-refractivity contribution in [2.24, 2.45) is 0 Å². The lowest BCUT2D eigenvalue weighted by Gasteiger charge is -1.96. The number of hydrogen-bond acceptors (Lipinski definition) is 2. The molecule has 1 rings (SSSR count). The average Bonchev–Trinajstić information content (AvgIpc) is 2.18. The van der Waals surface area contributed by atoms with Crippen LogP contribution in [0.25, 0.3) is 0 Å². The lowest BCUT2D eigenvalue weighted by atomic mass is 10.1. The Labute approximate surface area is 85.8 Å². The first-order valence-corrected chi connectivity index (χ1v) is 4.18. The molecular formula is C11H7F2NO. The molecule has 0 unspecified atom stereocenters. The molecule has 4 heteroatoms. The second kappa shape index (κ2) is 5.09. The molecule has 0 aliphatic rings. The van der Waals surface area contributed by atoms with Crippen LogP contribution in [0.4, 0.5) is 8.78 Å². The Kier molecular flexibility index (Phi) is 3.79. The van der Waals surface area contributed by atoms with E-state index < -0.39 is 17.2 Å². The Hall–Kier alpha value is -1.91. The molecule has 1 aromatic carbocycles. The van der Waals surface area contributed by atoms with Crippen molar-refractivity contribution in [3.8, 4) is 17.9 Å².